The van der Waals surface area contributed by atoms with E-state index in [4.69, 9.17) is 4.74 Å². The van der Waals surface area contributed by atoms with Crippen LogP contribution in [0.3, 0.4) is 0 Å². The summed E-state index contributed by atoms with van der Waals surface area (Å²) in [6.07, 6.45) is 1.69. The van der Waals surface area contributed by atoms with Crippen molar-refractivity contribution in [3.05, 3.63) is 76.9 Å². The van der Waals surface area contributed by atoms with Crippen molar-refractivity contribution in [3.8, 4) is 5.75 Å². The van der Waals surface area contributed by atoms with Crippen LogP contribution in [0.1, 0.15) is 45.6 Å². The maximum Gasteiger partial charge on any atom is 0.251 e. The molecule has 0 saturated heterocycles. The third-order valence-electron chi connectivity index (χ3n) is 4.18. The van der Waals surface area contributed by atoms with E-state index in [1.807, 2.05) is 6.92 Å². The smallest absolute Gasteiger partial charge is 0.251 e. The zero-order valence-corrected chi connectivity index (χ0v) is 14.8. The summed E-state index contributed by atoms with van der Waals surface area (Å²) in [7, 11) is 0. The van der Waals surface area contributed by atoms with Gasteiger partial charge in [0, 0.05) is 5.56 Å². The van der Waals surface area contributed by atoms with Gasteiger partial charge in [-0.05, 0) is 74.2 Å². The Morgan fingerprint density at radius 3 is 2.38 bits per heavy atom. The van der Waals surface area contributed by atoms with E-state index in [1.165, 1.54) is 16.7 Å². The van der Waals surface area contributed by atoms with E-state index in [-0.39, 0.29) is 11.9 Å². The average molecular weight is 323 g/mol. The zero-order chi connectivity index (χ0) is 17.7. The van der Waals surface area contributed by atoms with Gasteiger partial charge in [0.1, 0.15) is 12.4 Å². The molecule has 0 saturated carbocycles. The Hall–Kier alpha value is -2.55. The number of hydrogen-bond donors (Lipinski definition) is 1. The molecule has 0 aromatic heterocycles. The number of carbonyl (C=O) groups excluding carboxylic acids is 1. The van der Waals surface area contributed by atoms with E-state index < -0.39 is 0 Å². The second-order valence-electron chi connectivity index (χ2n) is 6.11. The molecule has 3 nitrogen and oxygen atoms in total. The van der Waals surface area contributed by atoms with Crippen LogP contribution in [0.5, 0.6) is 5.75 Å². The number of aryl methyl sites for hydroxylation is 3. The van der Waals surface area contributed by atoms with Crippen LogP contribution in [0.4, 0.5) is 0 Å². The highest BCUT2D eigenvalue weighted by Gasteiger charge is 2.14. The fraction of sp³-hybridized carbons (Fsp3) is 0.286. The van der Waals surface area contributed by atoms with E-state index >= 15 is 0 Å². The summed E-state index contributed by atoms with van der Waals surface area (Å²) in [5, 5.41) is 3.07. The standard InChI is InChI=1S/C21H25NO2/c1-6-11-24-19-9-7-18(8-10-19)21(23)22-17(5)20-13-15(3)14(2)12-16(20)4/h6-10,12-13,17H,1,11H2,2-5H3,(H,22,23)/t17-/m1/s1. The number of hydrogen-bond acceptors (Lipinski definition) is 2. The number of nitrogens with one attached hydrogen (secondary N) is 1. The van der Waals surface area contributed by atoms with Crippen LogP contribution in [0.25, 0.3) is 0 Å². The highest BCUT2D eigenvalue weighted by molar-refractivity contribution is 5.94. The van der Waals surface area contributed by atoms with Crippen molar-refractivity contribution in [2.75, 3.05) is 6.61 Å². The van der Waals surface area contributed by atoms with Crippen LogP contribution in [0, 0.1) is 20.8 Å². The largest absolute Gasteiger partial charge is 0.490 e. The predicted molar refractivity (Wildman–Crippen MR) is 98.7 cm³/mol. The fourth-order valence-corrected chi connectivity index (χ4v) is 2.66. The first-order chi connectivity index (χ1) is 11.4. The summed E-state index contributed by atoms with van der Waals surface area (Å²) in [5.41, 5.74) is 5.47. The molecule has 0 aliphatic rings. The third-order valence-corrected chi connectivity index (χ3v) is 4.18. The summed E-state index contributed by atoms with van der Waals surface area (Å²) in [4.78, 5) is 12.4. The highest BCUT2D eigenvalue weighted by Crippen LogP contribution is 2.22. The number of rotatable bonds is 6. The lowest BCUT2D eigenvalue weighted by molar-refractivity contribution is 0.0940. The van der Waals surface area contributed by atoms with Crippen molar-refractivity contribution in [1.82, 2.24) is 5.32 Å². The lowest BCUT2D eigenvalue weighted by Gasteiger charge is -2.18. The molecule has 1 N–H and O–H groups in total. The summed E-state index contributed by atoms with van der Waals surface area (Å²) in [6, 6.07) is 11.4. The van der Waals surface area contributed by atoms with E-state index in [0.717, 1.165) is 11.3 Å². The Labute approximate surface area is 144 Å². The van der Waals surface area contributed by atoms with Crippen molar-refractivity contribution in [2.24, 2.45) is 0 Å². The minimum atomic E-state index is -0.0876. The molecule has 2 aromatic rings. The van der Waals surface area contributed by atoms with E-state index in [9.17, 15) is 4.79 Å². The van der Waals surface area contributed by atoms with Gasteiger partial charge < -0.3 is 10.1 Å². The summed E-state index contributed by atoms with van der Waals surface area (Å²) < 4.78 is 5.43. The van der Waals surface area contributed by atoms with Gasteiger partial charge in [-0.2, -0.15) is 0 Å². The van der Waals surface area contributed by atoms with Crippen molar-refractivity contribution < 1.29 is 9.53 Å². The van der Waals surface area contributed by atoms with Crippen LogP contribution in [0.15, 0.2) is 49.1 Å². The predicted octanol–water partition coefficient (Wildman–Crippen LogP) is 4.67. The number of benzene rings is 2. The minimum Gasteiger partial charge on any atom is -0.490 e. The van der Waals surface area contributed by atoms with Gasteiger partial charge in [-0.1, -0.05) is 24.8 Å². The molecule has 0 unspecified atom stereocenters. The van der Waals surface area contributed by atoms with E-state index in [1.54, 1.807) is 30.3 Å². The second kappa shape index (κ2) is 7.82. The molecule has 0 bridgehead atoms. The Bertz CT molecular complexity index is 732. The van der Waals surface area contributed by atoms with Gasteiger partial charge in [-0.3, -0.25) is 4.79 Å². The SMILES string of the molecule is C=CCOc1ccc(C(=O)N[C@H](C)c2cc(C)c(C)cc2C)cc1. The Kier molecular flexibility index (Phi) is 5.80. The molecule has 1 atom stereocenters. The van der Waals surface area contributed by atoms with Gasteiger partial charge in [0.15, 0.2) is 0 Å². The van der Waals surface area contributed by atoms with Gasteiger partial charge in [-0.15, -0.1) is 0 Å². The molecule has 0 aliphatic carbocycles. The molecular formula is C21H25NO2. The molecule has 3 heteroatoms. The normalized spacial score (nSPS) is 11.7. The molecule has 24 heavy (non-hydrogen) atoms. The van der Waals surface area contributed by atoms with Crippen molar-refractivity contribution in [1.29, 1.82) is 0 Å². The summed E-state index contributed by atoms with van der Waals surface area (Å²) in [5.74, 6) is 0.639. The van der Waals surface area contributed by atoms with Gasteiger partial charge in [0.2, 0.25) is 0 Å². The first kappa shape index (κ1) is 17.8. The Balaban J connectivity index is 2.08. The van der Waals surface area contributed by atoms with Crippen LogP contribution in [0.2, 0.25) is 0 Å². The molecular weight excluding hydrogens is 298 g/mol. The number of ether oxygens (including phenoxy) is 1. The average Bonchev–Trinajstić information content (AvgIpc) is 2.56. The Morgan fingerprint density at radius 1 is 1.12 bits per heavy atom. The fourth-order valence-electron chi connectivity index (χ4n) is 2.66. The lowest BCUT2D eigenvalue weighted by atomic mass is 9.96. The van der Waals surface area contributed by atoms with Crippen molar-refractivity contribution in [2.45, 2.75) is 33.7 Å². The van der Waals surface area contributed by atoms with E-state index in [0.29, 0.717) is 12.2 Å². The van der Waals surface area contributed by atoms with Gasteiger partial charge >= 0.3 is 0 Å². The molecule has 0 fully saturated rings. The molecule has 126 valence electrons. The van der Waals surface area contributed by atoms with Gasteiger partial charge in [-0.25, -0.2) is 0 Å². The van der Waals surface area contributed by atoms with Crippen LogP contribution in [-0.4, -0.2) is 12.5 Å². The topological polar surface area (TPSA) is 38.3 Å². The summed E-state index contributed by atoms with van der Waals surface area (Å²) >= 11 is 0. The molecule has 0 aliphatic heterocycles. The van der Waals surface area contributed by atoms with E-state index in [2.05, 4.69) is 44.8 Å². The number of amides is 1. The maximum absolute atomic E-state index is 12.4. The van der Waals surface area contributed by atoms with Crippen molar-refractivity contribution in [3.63, 3.8) is 0 Å². The number of carbonyl (C=O) groups is 1. The van der Waals surface area contributed by atoms with Gasteiger partial charge in [0.25, 0.3) is 5.91 Å². The lowest BCUT2D eigenvalue weighted by Crippen LogP contribution is -2.27. The highest BCUT2D eigenvalue weighted by atomic mass is 16.5. The molecule has 1 amide bonds. The van der Waals surface area contributed by atoms with Crippen LogP contribution in [-0.2, 0) is 0 Å². The third kappa shape index (κ3) is 4.25. The molecule has 2 rings (SSSR count). The Morgan fingerprint density at radius 2 is 1.75 bits per heavy atom. The molecule has 0 heterocycles. The van der Waals surface area contributed by atoms with Crippen LogP contribution < -0.4 is 10.1 Å². The first-order valence-corrected chi connectivity index (χ1v) is 8.14. The van der Waals surface area contributed by atoms with Gasteiger partial charge in [0.05, 0.1) is 6.04 Å². The summed E-state index contributed by atoms with van der Waals surface area (Å²) in [6.45, 7) is 12.4. The zero-order valence-electron chi connectivity index (χ0n) is 14.8. The second-order valence-corrected chi connectivity index (χ2v) is 6.11. The first-order valence-electron chi connectivity index (χ1n) is 8.14. The van der Waals surface area contributed by atoms with Crippen molar-refractivity contribution >= 4 is 5.91 Å². The molecule has 0 spiro atoms. The molecule has 0 radical (unpaired) electrons. The maximum atomic E-state index is 12.4. The molecule has 2 aromatic carbocycles. The van der Waals surface area contributed by atoms with Crippen LogP contribution >= 0.6 is 0 Å². The quantitative estimate of drug-likeness (QED) is 0.785. The minimum absolute atomic E-state index is 0.0477. The monoisotopic (exact) mass is 323 g/mol.